The molecular weight excluding hydrogens is 376 g/mol. The maximum atomic E-state index is 13.7. The van der Waals surface area contributed by atoms with Crippen LogP contribution in [-0.4, -0.2) is 24.1 Å². The molecule has 0 aromatic rings. The topological polar surface area (TPSA) is 60.4 Å². The van der Waals surface area contributed by atoms with E-state index < -0.39 is 5.41 Å². The molecule has 4 nitrogen and oxygen atoms in total. The summed E-state index contributed by atoms with van der Waals surface area (Å²) in [6.07, 6.45) is 9.34. The van der Waals surface area contributed by atoms with Gasteiger partial charge in [0.15, 0.2) is 0 Å². The summed E-state index contributed by atoms with van der Waals surface area (Å²) in [6.45, 7) is 9.00. The minimum Gasteiger partial charge on any atom is -0.466 e. The van der Waals surface area contributed by atoms with Gasteiger partial charge < -0.3 is 4.74 Å². The lowest BCUT2D eigenvalue weighted by atomic mass is 9.44. The standard InChI is InChI=1S/C26H40O4/c1-5-30-23(29)12-9-16(2)18-10-11-19-24-20(15-22(28)26(18,19)4)25(3)13-7-6-8-17(25)14-21(24)27/h16-20,24H,5-15H2,1-4H3/t16-,17-,18+,19-,20-,24-,25+,26-/m1/s1. The number of ether oxygens (including phenoxy) is 1. The highest BCUT2D eigenvalue weighted by molar-refractivity contribution is 5.92. The Hall–Kier alpha value is -1.19. The Morgan fingerprint density at radius 3 is 2.60 bits per heavy atom. The quantitative estimate of drug-likeness (QED) is 0.565. The average Bonchev–Trinajstić information content (AvgIpc) is 3.06. The highest BCUT2D eigenvalue weighted by Gasteiger charge is 2.65. The van der Waals surface area contributed by atoms with Gasteiger partial charge in [-0.05, 0) is 74.0 Å². The summed E-state index contributed by atoms with van der Waals surface area (Å²) in [7, 11) is 0. The summed E-state index contributed by atoms with van der Waals surface area (Å²) >= 11 is 0. The molecule has 0 saturated heterocycles. The van der Waals surface area contributed by atoms with Crippen LogP contribution in [-0.2, 0) is 19.1 Å². The van der Waals surface area contributed by atoms with Crippen LogP contribution in [0.5, 0.6) is 0 Å². The number of esters is 1. The van der Waals surface area contributed by atoms with Crippen molar-refractivity contribution in [3.8, 4) is 0 Å². The Morgan fingerprint density at radius 1 is 1.10 bits per heavy atom. The van der Waals surface area contributed by atoms with Crippen LogP contribution in [0.4, 0.5) is 0 Å². The van der Waals surface area contributed by atoms with E-state index in [1.165, 1.54) is 19.3 Å². The van der Waals surface area contributed by atoms with Crippen LogP contribution in [0.3, 0.4) is 0 Å². The van der Waals surface area contributed by atoms with Crippen molar-refractivity contribution < 1.29 is 19.1 Å². The lowest BCUT2D eigenvalue weighted by Gasteiger charge is -2.59. The van der Waals surface area contributed by atoms with Crippen molar-refractivity contribution in [2.24, 2.45) is 46.3 Å². The molecule has 4 saturated carbocycles. The molecule has 0 unspecified atom stereocenters. The Kier molecular flexibility index (Phi) is 5.91. The van der Waals surface area contributed by atoms with Crippen molar-refractivity contribution in [3.63, 3.8) is 0 Å². The van der Waals surface area contributed by atoms with E-state index in [0.29, 0.717) is 42.9 Å². The van der Waals surface area contributed by atoms with Gasteiger partial charge in [0.2, 0.25) is 0 Å². The van der Waals surface area contributed by atoms with Crippen molar-refractivity contribution in [3.05, 3.63) is 0 Å². The summed E-state index contributed by atoms with van der Waals surface area (Å²) < 4.78 is 5.10. The smallest absolute Gasteiger partial charge is 0.305 e. The molecule has 30 heavy (non-hydrogen) atoms. The first-order valence-corrected chi connectivity index (χ1v) is 12.4. The third-order valence-electron chi connectivity index (χ3n) is 10.1. The predicted molar refractivity (Wildman–Crippen MR) is 116 cm³/mol. The van der Waals surface area contributed by atoms with Gasteiger partial charge in [-0.3, -0.25) is 14.4 Å². The molecule has 0 aromatic carbocycles. The molecule has 8 atom stereocenters. The normalized spacial score (nSPS) is 44.1. The molecule has 0 bridgehead atoms. The Bertz CT molecular complexity index is 714. The number of fused-ring (bicyclic) bond motifs is 5. The molecule has 0 aliphatic heterocycles. The molecule has 4 heteroatoms. The Labute approximate surface area is 181 Å². The average molecular weight is 417 g/mol. The fourth-order valence-corrected chi connectivity index (χ4v) is 8.41. The van der Waals surface area contributed by atoms with E-state index in [1.807, 2.05) is 6.92 Å². The molecule has 168 valence electrons. The van der Waals surface area contributed by atoms with Crippen molar-refractivity contribution in [2.45, 2.75) is 91.9 Å². The third-order valence-corrected chi connectivity index (χ3v) is 10.1. The van der Waals surface area contributed by atoms with Gasteiger partial charge in [-0.15, -0.1) is 0 Å². The maximum Gasteiger partial charge on any atom is 0.305 e. The van der Waals surface area contributed by atoms with Gasteiger partial charge in [0.05, 0.1) is 6.61 Å². The highest BCUT2D eigenvalue weighted by atomic mass is 16.5. The van der Waals surface area contributed by atoms with Gasteiger partial charge in [0.25, 0.3) is 0 Å². The second-order valence-electron chi connectivity index (χ2n) is 11.3. The van der Waals surface area contributed by atoms with Crippen molar-refractivity contribution in [2.75, 3.05) is 6.61 Å². The molecule has 4 fully saturated rings. The van der Waals surface area contributed by atoms with Gasteiger partial charge in [0.1, 0.15) is 11.6 Å². The van der Waals surface area contributed by atoms with Gasteiger partial charge in [-0.2, -0.15) is 0 Å². The summed E-state index contributed by atoms with van der Waals surface area (Å²) in [5.74, 6) is 2.29. The van der Waals surface area contributed by atoms with Crippen LogP contribution in [0.1, 0.15) is 91.9 Å². The summed E-state index contributed by atoms with van der Waals surface area (Å²) in [6, 6.07) is 0. The molecule has 0 amide bonds. The molecule has 4 aliphatic rings. The van der Waals surface area contributed by atoms with Crippen LogP contribution < -0.4 is 0 Å². The zero-order valence-corrected chi connectivity index (χ0v) is 19.4. The Morgan fingerprint density at radius 2 is 1.87 bits per heavy atom. The second-order valence-corrected chi connectivity index (χ2v) is 11.3. The molecule has 0 radical (unpaired) electrons. The van der Waals surface area contributed by atoms with E-state index in [2.05, 4.69) is 20.8 Å². The molecule has 4 aliphatic carbocycles. The van der Waals surface area contributed by atoms with Gasteiger partial charge >= 0.3 is 5.97 Å². The largest absolute Gasteiger partial charge is 0.466 e. The molecule has 0 N–H and O–H groups in total. The number of ketones is 2. The highest BCUT2D eigenvalue weighted by Crippen LogP contribution is 2.66. The van der Waals surface area contributed by atoms with Crippen LogP contribution in [0, 0.1) is 46.3 Å². The number of carbonyl (C=O) groups excluding carboxylic acids is 3. The number of hydrogen-bond acceptors (Lipinski definition) is 4. The summed E-state index contributed by atoms with van der Waals surface area (Å²) in [5.41, 5.74) is -0.232. The van der Waals surface area contributed by atoms with E-state index in [9.17, 15) is 14.4 Å². The monoisotopic (exact) mass is 416 g/mol. The lowest BCUT2D eigenvalue weighted by molar-refractivity contribution is -0.165. The number of carbonyl (C=O) groups is 3. The molecule has 0 heterocycles. The van der Waals surface area contributed by atoms with Gasteiger partial charge in [-0.1, -0.05) is 33.6 Å². The number of rotatable bonds is 5. The first kappa shape index (κ1) is 22.0. The van der Waals surface area contributed by atoms with E-state index in [0.717, 1.165) is 32.1 Å². The summed E-state index contributed by atoms with van der Waals surface area (Å²) in [5, 5.41) is 0. The first-order chi connectivity index (χ1) is 14.2. The summed E-state index contributed by atoms with van der Waals surface area (Å²) in [4.78, 5) is 39.0. The Balaban J connectivity index is 1.56. The predicted octanol–water partition coefficient (Wildman–Crippen LogP) is 5.37. The molecule has 0 aromatic heterocycles. The minimum atomic E-state index is -0.400. The van der Waals surface area contributed by atoms with E-state index >= 15 is 0 Å². The van der Waals surface area contributed by atoms with Crippen LogP contribution in [0.15, 0.2) is 0 Å². The molecule has 4 rings (SSSR count). The maximum absolute atomic E-state index is 13.7. The fraction of sp³-hybridized carbons (Fsp3) is 0.885. The van der Waals surface area contributed by atoms with Gasteiger partial charge in [0, 0.05) is 30.6 Å². The third kappa shape index (κ3) is 3.28. The zero-order chi connectivity index (χ0) is 21.7. The SMILES string of the molecule is CCOC(=O)CC[C@@H](C)[C@@H]1CC[C@@H]2[C@H]3C(=O)C[C@H]4CCCC[C@]4(C)[C@@H]3CC(=O)[C@@]21C. The number of hydrogen-bond donors (Lipinski definition) is 0. The van der Waals surface area contributed by atoms with E-state index in [4.69, 9.17) is 4.74 Å². The number of Topliss-reactive ketones (excluding diaryl/α,β-unsaturated/α-hetero) is 2. The van der Waals surface area contributed by atoms with Crippen LogP contribution >= 0.6 is 0 Å². The van der Waals surface area contributed by atoms with E-state index in [-0.39, 0.29) is 35.1 Å². The minimum absolute atomic E-state index is 0.0781. The molecular formula is C26H40O4. The van der Waals surface area contributed by atoms with Crippen molar-refractivity contribution in [1.82, 2.24) is 0 Å². The van der Waals surface area contributed by atoms with Gasteiger partial charge in [-0.25, -0.2) is 0 Å². The van der Waals surface area contributed by atoms with Crippen LogP contribution in [0.25, 0.3) is 0 Å². The second kappa shape index (κ2) is 8.06. The first-order valence-electron chi connectivity index (χ1n) is 12.4. The lowest BCUT2D eigenvalue weighted by Crippen LogP contribution is -2.59. The van der Waals surface area contributed by atoms with Crippen LogP contribution in [0.2, 0.25) is 0 Å². The fourth-order valence-electron chi connectivity index (χ4n) is 8.41. The van der Waals surface area contributed by atoms with E-state index in [1.54, 1.807) is 0 Å². The van der Waals surface area contributed by atoms with Crippen molar-refractivity contribution >= 4 is 17.5 Å². The zero-order valence-electron chi connectivity index (χ0n) is 19.4. The molecule has 0 spiro atoms. The van der Waals surface area contributed by atoms with Crippen molar-refractivity contribution in [1.29, 1.82) is 0 Å².